The number of aryl methyl sites for hydroxylation is 3. The number of carbonyl (C=O) groups is 1. The van der Waals surface area contributed by atoms with Crippen molar-refractivity contribution in [1.82, 2.24) is 5.32 Å². The van der Waals surface area contributed by atoms with Crippen LogP contribution >= 0.6 is 0 Å². The lowest BCUT2D eigenvalue weighted by Gasteiger charge is -2.18. The zero-order chi connectivity index (χ0) is 18.5. The number of rotatable bonds is 6. The van der Waals surface area contributed by atoms with Crippen molar-refractivity contribution in [2.75, 3.05) is 11.9 Å². The van der Waals surface area contributed by atoms with E-state index in [9.17, 15) is 4.79 Å². The predicted octanol–water partition coefficient (Wildman–Crippen LogP) is 4.52. The third kappa shape index (κ3) is 4.21. The minimum Gasteiger partial charge on any atom is -0.467 e. The van der Waals surface area contributed by atoms with Gasteiger partial charge in [-0.15, -0.1) is 0 Å². The second kappa shape index (κ2) is 8.02. The van der Waals surface area contributed by atoms with Crippen molar-refractivity contribution in [2.24, 2.45) is 0 Å². The van der Waals surface area contributed by atoms with Gasteiger partial charge in [0.1, 0.15) is 5.76 Å². The van der Waals surface area contributed by atoms with Crippen LogP contribution in [-0.4, -0.2) is 12.5 Å². The maximum absolute atomic E-state index is 12.5. The summed E-state index contributed by atoms with van der Waals surface area (Å²) in [7, 11) is 0. The molecular weight excluding hydrogens is 324 g/mol. The fourth-order valence-corrected chi connectivity index (χ4v) is 3.24. The topological polar surface area (TPSA) is 54.3 Å². The summed E-state index contributed by atoms with van der Waals surface area (Å²) in [6, 6.07) is 17.7. The number of furan rings is 1. The monoisotopic (exact) mass is 348 g/mol. The standard InChI is InChI=1S/C22H24N2O2/c1-15-12-16(2)21(17(3)13-15)24-20(25)14-23-22(19-10-7-11-26-19)18-8-5-4-6-9-18/h4-13,22-23H,14H2,1-3H3,(H,24,25)/t22-/m0/s1. The maximum Gasteiger partial charge on any atom is 0.238 e. The Hall–Kier alpha value is -2.85. The Bertz CT molecular complexity index is 847. The molecule has 0 fully saturated rings. The molecule has 0 radical (unpaired) electrons. The minimum absolute atomic E-state index is 0.0764. The molecule has 0 aliphatic rings. The quantitative estimate of drug-likeness (QED) is 0.688. The van der Waals surface area contributed by atoms with Gasteiger partial charge in [0, 0.05) is 5.69 Å². The van der Waals surface area contributed by atoms with Crippen molar-refractivity contribution >= 4 is 11.6 Å². The summed E-state index contributed by atoms with van der Waals surface area (Å²) >= 11 is 0. The van der Waals surface area contributed by atoms with Crippen LogP contribution in [0.25, 0.3) is 0 Å². The van der Waals surface area contributed by atoms with Crippen molar-refractivity contribution in [2.45, 2.75) is 26.8 Å². The van der Waals surface area contributed by atoms with Crippen LogP contribution in [0.1, 0.15) is 34.1 Å². The second-order valence-electron chi connectivity index (χ2n) is 6.56. The van der Waals surface area contributed by atoms with Crippen LogP contribution in [0, 0.1) is 20.8 Å². The minimum atomic E-state index is -0.169. The van der Waals surface area contributed by atoms with Gasteiger partial charge in [-0.1, -0.05) is 48.0 Å². The van der Waals surface area contributed by atoms with E-state index in [0.29, 0.717) is 0 Å². The molecule has 0 unspecified atom stereocenters. The van der Waals surface area contributed by atoms with E-state index in [0.717, 1.165) is 28.1 Å². The Kier molecular flexibility index (Phi) is 5.54. The summed E-state index contributed by atoms with van der Waals surface area (Å²) in [5.41, 5.74) is 5.27. The number of hydrogen-bond donors (Lipinski definition) is 2. The van der Waals surface area contributed by atoms with Crippen LogP contribution < -0.4 is 10.6 Å². The highest BCUT2D eigenvalue weighted by Crippen LogP contribution is 2.23. The molecule has 4 nitrogen and oxygen atoms in total. The molecule has 1 amide bonds. The third-order valence-electron chi connectivity index (χ3n) is 4.37. The van der Waals surface area contributed by atoms with Crippen molar-refractivity contribution in [3.8, 4) is 0 Å². The molecule has 0 spiro atoms. The van der Waals surface area contributed by atoms with Gasteiger partial charge in [-0.25, -0.2) is 0 Å². The summed E-state index contributed by atoms with van der Waals surface area (Å²) < 4.78 is 5.56. The molecule has 0 saturated heterocycles. The highest BCUT2D eigenvalue weighted by Gasteiger charge is 2.18. The highest BCUT2D eigenvalue weighted by molar-refractivity contribution is 5.93. The van der Waals surface area contributed by atoms with Crippen LogP contribution in [0.3, 0.4) is 0 Å². The average molecular weight is 348 g/mol. The molecular formula is C22H24N2O2. The molecule has 0 aliphatic heterocycles. The first-order chi connectivity index (χ1) is 12.5. The first kappa shape index (κ1) is 18.0. The van der Waals surface area contributed by atoms with Crippen LogP contribution in [0.4, 0.5) is 5.69 Å². The number of benzene rings is 2. The molecule has 2 N–H and O–H groups in total. The fourth-order valence-electron chi connectivity index (χ4n) is 3.24. The normalized spacial score (nSPS) is 12.0. The second-order valence-corrected chi connectivity index (χ2v) is 6.56. The summed E-state index contributed by atoms with van der Waals surface area (Å²) in [6.45, 7) is 6.27. The first-order valence-corrected chi connectivity index (χ1v) is 8.74. The summed E-state index contributed by atoms with van der Waals surface area (Å²) in [6.07, 6.45) is 1.64. The molecule has 3 rings (SSSR count). The number of carbonyl (C=O) groups excluding carboxylic acids is 1. The van der Waals surface area contributed by atoms with Gasteiger partial charge in [0.25, 0.3) is 0 Å². The number of anilines is 1. The largest absolute Gasteiger partial charge is 0.467 e. The smallest absolute Gasteiger partial charge is 0.238 e. The van der Waals surface area contributed by atoms with Gasteiger partial charge in [-0.05, 0) is 49.6 Å². The Morgan fingerprint density at radius 1 is 1.00 bits per heavy atom. The molecule has 26 heavy (non-hydrogen) atoms. The Balaban J connectivity index is 1.71. The van der Waals surface area contributed by atoms with Crippen molar-refractivity contribution in [1.29, 1.82) is 0 Å². The number of amides is 1. The Morgan fingerprint density at radius 2 is 1.69 bits per heavy atom. The summed E-state index contributed by atoms with van der Waals surface area (Å²) in [5.74, 6) is 0.708. The molecule has 0 aliphatic carbocycles. The van der Waals surface area contributed by atoms with E-state index in [4.69, 9.17) is 4.42 Å². The lowest BCUT2D eigenvalue weighted by Crippen LogP contribution is -2.32. The van der Waals surface area contributed by atoms with Crippen LogP contribution in [0.15, 0.2) is 65.3 Å². The molecule has 2 aromatic carbocycles. The zero-order valence-electron chi connectivity index (χ0n) is 15.4. The van der Waals surface area contributed by atoms with Gasteiger partial charge < -0.3 is 9.73 Å². The summed E-state index contributed by atoms with van der Waals surface area (Å²) in [4.78, 5) is 12.5. The number of nitrogens with one attached hydrogen (secondary N) is 2. The Labute approximate surface area is 154 Å². The van der Waals surface area contributed by atoms with E-state index >= 15 is 0 Å². The maximum atomic E-state index is 12.5. The van der Waals surface area contributed by atoms with E-state index in [1.165, 1.54) is 5.56 Å². The molecule has 134 valence electrons. The van der Waals surface area contributed by atoms with Crippen molar-refractivity contribution in [3.05, 3.63) is 88.9 Å². The number of hydrogen-bond acceptors (Lipinski definition) is 3. The highest BCUT2D eigenvalue weighted by atomic mass is 16.3. The van der Waals surface area contributed by atoms with Gasteiger partial charge in [0.05, 0.1) is 18.8 Å². The Morgan fingerprint density at radius 3 is 2.31 bits per heavy atom. The van der Waals surface area contributed by atoms with E-state index in [1.807, 2.05) is 56.3 Å². The zero-order valence-corrected chi connectivity index (χ0v) is 15.4. The lowest BCUT2D eigenvalue weighted by molar-refractivity contribution is -0.115. The average Bonchev–Trinajstić information content (AvgIpc) is 3.13. The van der Waals surface area contributed by atoms with Gasteiger partial charge in [0.15, 0.2) is 0 Å². The molecule has 1 atom stereocenters. The lowest BCUT2D eigenvalue weighted by atomic mass is 10.0. The predicted molar refractivity (Wildman–Crippen MR) is 104 cm³/mol. The van der Waals surface area contributed by atoms with Crippen LogP contribution in [0.5, 0.6) is 0 Å². The third-order valence-corrected chi connectivity index (χ3v) is 4.37. The molecule has 4 heteroatoms. The van der Waals surface area contributed by atoms with Crippen LogP contribution in [0.2, 0.25) is 0 Å². The van der Waals surface area contributed by atoms with Crippen molar-refractivity contribution in [3.63, 3.8) is 0 Å². The van der Waals surface area contributed by atoms with Gasteiger partial charge >= 0.3 is 0 Å². The van der Waals surface area contributed by atoms with E-state index in [-0.39, 0.29) is 18.5 Å². The van der Waals surface area contributed by atoms with E-state index in [2.05, 4.69) is 29.7 Å². The fraction of sp³-hybridized carbons (Fsp3) is 0.227. The van der Waals surface area contributed by atoms with Gasteiger partial charge in [-0.3, -0.25) is 10.1 Å². The van der Waals surface area contributed by atoms with Crippen molar-refractivity contribution < 1.29 is 9.21 Å². The van der Waals surface area contributed by atoms with Crippen LogP contribution in [-0.2, 0) is 4.79 Å². The molecule has 0 saturated carbocycles. The molecule has 1 aromatic heterocycles. The first-order valence-electron chi connectivity index (χ1n) is 8.74. The van der Waals surface area contributed by atoms with E-state index < -0.39 is 0 Å². The van der Waals surface area contributed by atoms with Gasteiger partial charge in [0.2, 0.25) is 5.91 Å². The summed E-state index contributed by atoms with van der Waals surface area (Å²) in [5, 5.41) is 6.33. The van der Waals surface area contributed by atoms with Gasteiger partial charge in [-0.2, -0.15) is 0 Å². The molecule has 1 heterocycles. The van der Waals surface area contributed by atoms with E-state index in [1.54, 1.807) is 6.26 Å². The SMILES string of the molecule is Cc1cc(C)c(NC(=O)CN[C@@H](c2ccccc2)c2ccco2)c(C)c1. The molecule has 3 aromatic rings. The molecule has 0 bridgehead atoms.